The average molecular weight is 280 g/mol. The van der Waals surface area contributed by atoms with Crippen LogP contribution in [0.15, 0.2) is 5.51 Å². The molecular formula is C8H10ClN3O4S. The lowest BCUT2D eigenvalue weighted by Crippen LogP contribution is -2.68. The van der Waals surface area contributed by atoms with Crippen molar-refractivity contribution in [2.24, 2.45) is 0 Å². The molecule has 0 aliphatic rings. The van der Waals surface area contributed by atoms with E-state index >= 15 is 0 Å². The second-order valence-electron chi connectivity index (χ2n) is 3.22. The van der Waals surface area contributed by atoms with Gasteiger partial charge in [-0.3, -0.25) is 0 Å². The first kappa shape index (κ1) is 14.2. The zero-order chi connectivity index (χ0) is 13.2. The summed E-state index contributed by atoms with van der Waals surface area (Å²) in [5.41, 5.74) is 5.31. The molecule has 0 saturated heterocycles. The van der Waals surface area contributed by atoms with Crippen molar-refractivity contribution in [1.29, 1.82) is 0 Å². The second kappa shape index (κ2) is 5.17. The third-order valence-electron chi connectivity index (χ3n) is 2.17. The molecule has 0 atom stereocenters. The molecular weight excluding hydrogens is 270 g/mol. The van der Waals surface area contributed by atoms with Crippen LogP contribution in [0, 0.1) is 31.0 Å². The van der Waals surface area contributed by atoms with Crippen LogP contribution in [-0.4, -0.2) is 10.1 Å². The van der Waals surface area contributed by atoms with E-state index in [1.54, 1.807) is 11.3 Å². The fourth-order valence-corrected chi connectivity index (χ4v) is 1.88. The Bertz CT molecular complexity index is 519. The van der Waals surface area contributed by atoms with E-state index < -0.39 is 10.2 Å². The number of rotatable bonds is 0. The van der Waals surface area contributed by atoms with E-state index in [9.17, 15) is 0 Å². The van der Waals surface area contributed by atoms with E-state index in [0.29, 0.717) is 0 Å². The second-order valence-corrected chi connectivity index (χ2v) is 4.79. The molecule has 0 spiro atoms. The maximum atomic E-state index is 8.49. The van der Waals surface area contributed by atoms with Crippen LogP contribution < -0.4 is 23.2 Å². The van der Waals surface area contributed by atoms with Crippen molar-refractivity contribution in [3.8, 4) is 0 Å². The molecule has 0 bridgehead atoms. The van der Waals surface area contributed by atoms with Crippen molar-refractivity contribution in [2.75, 3.05) is 0 Å². The van der Waals surface area contributed by atoms with Gasteiger partial charge < -0.3 is 0 Å². The largest absolute Gasteiger partial charge is 0.409 e. The lowest BCUT2D eigenvalue weighted by Gasteiger charge is -2.17. The Hall–Kier alpha value is -0.900. The van der Waals surface area contributed by atoms with Crippen LogP contribution in [0.5, 0.6) is 0 Å². The van der Waals surface area contributed by atoms with Crippen LogP contribution in [0.4, 0.5) is 0 Å². The Balaban J connectivity index is 0.000000249. The minimum Gasteiger partial charge on any atom is -0.222 e. The molecule has 0 radical (unpaired) electrons. The zero-order valence-electron chi connectivity index (χ0n) is 9.34. The quantitative estimate of drug-likeness (QED) is 0.460. The highest BCUT2D eigenvalue weighted by Gasteiger charge is 2.15. The van der Waals surface area contributed by atoms with Gasteiger partial charge in [0.05, 0.1) is 0 Å². The number of hydrogen-bond donors (Lipinski definition) is 0. The molecule has 2 rings (SSSR count). The summed E-state index contributed by atoms with van der Waals surface area (Å²) in [5.74, 6) is 0. The lowest BCUT2D eigenvalue weighted by molar-refractivity contribution is -2.00. The van der Waals surface area contributed by atoms with Gasteiger partial charge in [0.25, 0.3) is 0 Å². The fraction of sp³-hybridized carbons (Fsp3) is 0.375. The molecule has 2 heterocycles. The Morgan fingerprint density at radius 3 is 2.24 bits per heavy atom. The van der Waals surface area contributed by atoms with Gasteiger partial charge in [0.2, 0.25) is 0 Å². The number of aryl methyl sites for hydroxylation is 2. The van der Waals surface area contributed by atoms with E-state index in [2.05, 4.69) is 23.9 Å². The molecule has 0 saturated carbocycles. The zero-order valence-corrected chi connectivity index (χ0v) is 10.9. The number of nitrogens with zero attached hydrogens (tertiary/aromatic N) is 3. The molecule has 0 aromatic carbocycles. The van der Waals surface area contributed by atoms with Gasteiger partial charge >= 0.3 is 4.96 Å². The van der Waals surface area contributed by atoms with Crippen molar-refractivity contribution >= 4 is 16.3 Å². The minimum atomic E-state index is -4.94. The van der Waals surface area contributed by atoms with Crippen molar-refractivity contribution < 1.29 is 33.4 Å². The molecule has 0 aliphatic heterocycles. The predicted octanol–water partition coefficient (Wildman–Crippen LogP) is -3.55. The summed E-state index contributed by atoms with van der Waals surface area (Å²) in [4.78, 5) is 5.38. The normalized spacial score (nSPS) is 11.2. The summed E-state index contributed by atoms with van der Waals surface area (Å²) < 4.78 is 35.9. The summed E-state index contributed by atoms with van der Waals surface area (Å²) in [6.45, 7) is 6.17. The summed E-state index contributed by atoms with van der Waals surface area (Å²) >= 11 is 1.57. The summed E-state index contributed by atoms with van der Waals surface area (Å²) in [6, 6.07) is 0. The molecule has 0 amide bonds. The molecule has 9 heteroatoms. The highest BCUT2D eigenvalue weighted by molar-refractivity contribution is 7.14. The number of aromatic nitrogens is 3. The number of halogens is 1. The predicted molar refractivity (Wildman–Crippen MR) is 47.3 cm³/mol. The van der Waals surface area contributed by atoms with Gasteiger partial charge in [-0.2, -0.15) is 0 Å². The highest BCUT2D eigenvalue weighted by atomic mass is 35.7. The fourth-order valence-electron chi connectivity index (χ4n) is 1.17. The topological polar surface area (TPSA) is 122 Å². The molecule has 7 nitrogen and oxygen atoms in total. The van der Waals surface area contributed by atoms with Gasteiger partial charge in [-0.1, -0.05) is 9.61 Å². The van der Waals surface area contributed by atoms with Gasteiger partial charge in [0, 0.05) is 19.4 Å². The highest BCUT2D eigenvalue weighted by Crippen LogP contribution is 2.09. The summed E-state index contributed by atoms with van der Waals surface area (Å²) in [6.07, 6.45) is 0. The van der Waals surface area contributed by atoms with Crippen molar-refractivity contribution in [3.05, 3.63) is 22.5 Å². The first-order valence-corrected chi connectivity index (χ1v) is 6.52. The summed E-state index contributed by atoms with van der Waals surface area (Å²) in [7, 11) is -4.94. The monoisotopic (exact) mass is 279 g/mol. The van der Waals surface area contributed by atoms with E-state index in [1.807, 2.05) is 16.9 Å². The smallest absolute Gasteiger partial charge is 0.222 e. The van der Waals surface area contributed by atoms with Crippen LogP contribution in [0.3, 0.4) is 0 Å². The van der Waals surface area contributed by atoms with E-state index in [0.717, 1.165) is 10.7 Å². The molecule has 17 heavy (non-hydrogen) atoms. The third-order valence-corrected chi connectivity index (χ3v) is 2.84. The van der Waals surface area contributed by atoms with Crippen LogP contribution in [-0.2, 0) is 0 Å². The standard InChI is InChI=1S/C8H10N3S.ClHO4/c1-5-6(2)10-8-11(7(5)3)9-4-12-8;2-1(3,4)5/h4H,1-3H3;(H,2,3,4,5)/q+1;/p-1. The van der Waals surface area contributed by atoms with Gasteiger partial charge in [-0.05, 0) is 23.2 Å². The lowest BCUT2D eigenvalue weighted by atomic mass is 10.2. The van der Waals surface area contributed by atoms with Crippen molar-refractivity contribution in [3.63, 3.8) is 0 Å². The van der Waals surface area contributed by atoms with Crippen LogP contribution in [0.1, 0.15) is 17.0 Å². The molecule has 0 aliphatic carbocycles. The average Bonchev–Trinajstić information content (AvgIpc) is 2.59. The van der Waals surface area contributed by atoms with Crippen molar-refractivity contribution in [2.45, 2.75) is 20.8 Å². The van der Waals surface area contributed by atoms with Gasteiger partial charge in [-0.15, -0.1) is 10.2 Å². The Labute approximate surface area is 103 Å². The van der Waals surface area contributed by atoms with Gasteiger partial charge in [0.15, 0.2) is 5.69 Å². The van der Waals surface area contributed by atoms with Crippen LogP contribution in [0.25, 0.3) is 4.96 Å². The molecule has 0 fully saturated rings. The molecule has 0 unspecified atom stereocenters. The summed E-state index contributed by atoms with van der Waals surface area (Å²) in [5, 5.41) is 4.19. The minimum absolute atomic E-state index is 0.968. The molecule has 2 aromatic heterocycles. The first-order valence-electron chi connectivity index (χ1n) is 4.41. The Morgan fingerprint density at radius 2 is 1.71 bits per heavy atom. The van der Waals surface area contributed by atoms with Crippen molar-refractivity contribution in [1.82, 2.24) is 10.1 Å². The molecule has 2 aromatic rings. The third kappa shape index (κ3) is 4.11. The molecule has 94 valence electrons. The van der Waals surface area contributed by atoms with Crippen LogP contribution in [0.2, 0.25) is 0 Å². The van der Waals surface area contributed by atoms with Gasteiger partial charge in [0.1, 0.15) is 11.2 Å². The number of fused-ring (bicyclic) bond motifs is 1. The first-order chi connectivity index (χ1) is 7.70. The van der Waals surface area contributed by atoms with E-state index in [1.165, 1.54) is 11.3 Å². The Kier molecular flexibility index (Phi) is 4.31. The number of hydrogen-bond acceptors (Lipinski definition) is 7. The van der Waals surface area contributed by atoms with E-state index in [4.69, 9.17) is 18.6 Å². The SMILES string of the molecule is Cc1nc2scn[n+]2c(C)c1C.[O-][Cl+3]([O-])([O-])[O-]. The Morgan fingerprint density at radius 1 is 1.18 bits per heavy atom. The maximum absolute atomic E-state index is 8.49. The van der Waals surface area contributed by atoms with Crippen LogP contribution >= 0.6 is 11.3 Å². The van der Waals surface area contributed by atoms with E-state index in [-0.39, 0.29) is 0 Å². The molecule has 0 N–H and O–H groups in total. The maximum Gasteiger partial charge on any atom is 0.409 e. The van der Waals surface area contributed by atoms with Gasteiger partial charge in [-0.25, -0.2) is 18.6 Å².